The van der Waals surface area contributed by atoms with Crippen LogP contribution in [0.25, 0.3) is 0 Å². The molecule has 5 heteroatoms. The number of carbonyl (C=O) groups is 1. The molecule has 0 saturated carbocycles. The second-order valence-electron chi connectivity index (χ2n) is 3.67. The highest BCUT2D eigenvalue weighted by atomic mass is 35.5. The molecule has 0 fully saturated rings. The van der Waals surface area contributed by atoms with Crippen molar-refractivity contribution in [3.05, 3.63) is 28.8 Å². The first kappa shape index (κ1) is 13.8. The van der Waals surface area contributed by atoms with Crippen molar-refractivity contribution in [3.8, 4) is 5.75 Å². The number of aromatic hydroxyl groups is 1. The maximum Gasteiger partial charge on any atom is 0.221 e. The minimum atomic E-state index is 0.0451. The molecule has 0 aliphatic heterocycles. The van der Waals surface area contributed by atoms with Crippen molar-refractivity contribution in [3.63, 3.8) is 0 Å². The number of halogens is 1. The molecule has 1 aromatic rings. The summed E-state index contributed by atoms with van der Waals surface area (Å²) in [5, 5.41) is 15.4. The number of rotatable bonds is 6. The molecule has 0 aromatic heterocycles. The maximum atomic E-state index is 11.1. The molecule has 0 spiro atoms. The predicted molar refractivity (Wildman–Crippen MR) is 68.1 cm³/mol. The lowest BCUT2D eigenvalue weighted by Crippen LogP contribution is -2.27. The van der Waals surface area contributed by atoms with Gasteiger partial charge in [0.25, 0.3) is 0 Å². The average molecular weight is 257 g/mol. The first-order chi connectivity index (χ1) is 8.13. The van der Waals surface area contributed by atoms with E-state index in [4.69, 9.17) is 11.6 Å². The van der Waals surface area contributed by atoms with Crippen LogP contribution in [0.5, 0.6) is 5.75 Å². The Hall–Kier alpha value is -1.26. The van der Waals surface area contributed by atoms with E-state index in [1.54, 1.807) is 18.2 Å². The number of phenolic OH excluding ortho intramolecular Hbond substituents is 1. The molecule has 94 valence electrons. The minimum absolute atomic E-state index is 0.0451. The Balaban J connectivity index is 2.26. The third-order valence-corrected chi connectivity index (χ3v) is 2.55. The molecule has 0 aliphatic rings. The minimum Gasteiger partial charge on any atom is -0.506 e. The second kappa shape index (κ2) is 7.14. The Labute approximate surface area is 106 Å². The third-order valence-electron chi connectivity index (χ3n) is 2.24. The molecule has 0 radical (unpaired) electrons. The van der Waals surface area contributed by atoms with Crippen LogP contribution in [0.2, 0.25) is 5.02 Å². The molecule has 0 aliphatic carbocycles. The first-order valence-electron chi connectivity index (χ1n) is 5.58. The van der Waals surface area contributed by atoms with E-state index in [9.17, 15) is 9.90 Å². The third kappa shape index (κ3) is 5.06. The Morgan fingerprint density at radius 3 is 2.88 bits per heavy atom. The van der Waals surface area contributed by atoms with Crippen molar-refractivity contribution in [1.29, 1.82) is 0 Å². The molecule has 17 heavy (non-hydrogen) atoms. The van der Waals surface area contributed by atoms with Crippen molar-refractivity contribution in [2.24, 2.45) is 0 Å². The summed E-state index contributed by atoms with van der Waals surface area (Å²) in [7, 11) is 0. The monoisotopic (exact) mass is 256 g/mol. The molecule has 0 saturated heterocycles. The summed E-state index contributed by atoms with van der Waals surface area (Å²) in [6, 6.07) is 5.06. The number of phenols is 1. The maximum absolute atomic E-state index is 11.1. The number of nitrogens with one attached hydrogen (secondary N) is 2. The van der Waals surface area contributed by atoms with Gasteiger partial charge in [0.15, 0.2) is 0 Å². The van der Waals surface area contributed by atoms with Gasteiger partial charge in [-0.2, -0.15) is 0 Å². The van der Waals surface area contributed by atoms with Gasteiger partial charge in [-0.25, -0.2) is 0 Å². The Kier molecular flexibility index (Phi) is 5.80. The van der Waals surface area contributed by atoms with E-state index in [1.807, 2.05) is 6.92 Å². The van der Waals surface area contributed by atoms with E-state index in [-0.39, 0.29) is 11.7 Å². The molecule has 3 N–H and O–H groups in total. The van der Waals surface area contributed by atoms with Crippen molar-refractivity contribution >= 4 is 17.5 Å². The summed E-state index contributed by atoms with van der Waals surface area (Å²) in [6.45, 7) is 3.79. The van der Waals surface area contributed by atoms with Crippen LogP contribution in [0.4, 0.5) is 0 Å². The van der Waals surface area contributed by atoms with Crippen LogP contribution >= 0.6 is 11.6 Å². The van der Waals surface area contributed by atoms with Crippen molar-refractivity contribution in [2.75, 3.05) is 13.1 Å². The lowest BCUT2D eigenvalue weighted by Gasteiger charge is -2.06. The smallest absolute Gasteiger partial charge is 0.221 e. The topological polar surface area (TPSA) is 61.4 Å². The number of carbonyl (C=O) groups excluding carboxylic acids is 1. The van der Waals surface area contributed by atoms with Gasteiger partial charge in [-0.1, -0.05) is 17.7 Å². The van der Waals surface area contributed by atoms with Crippen molar-refractivity contribution in [1.82, 2.24) is 10.6 Å². The summed E-state index contributed by atoms with van der Waals surface area (Å²) in [5.41, 5.74) is 0.976. The van der Waals surface area contributed by atoms with Crippen LogP contribution < -0.4 is 10.6 Å². The summed E-state index contributed by atoms with van der Waals surface area (Å²) < 4.78 is 0. The first-order valence-corrected chi connectivity index (χ1v) is 5.96. The molecule has 0 heterocycles. The normalized spacial score (nSPS) is 10.2. The van der Waals surface area contributed by atoms with E-state index in [1.165, 1.54) is 0 Å². The van der Waals surface area contributed by atoms with Crippen molar-refractivity contribution in [2.45, 2.75) is 19.9 Å². The van der Waals surface area contributed by atoms with Gasteiger partial charge in [-0.05, 0) is 24.6 Å². The number of amides is 1. The molecular formula is C12H17ClN2O2. The van der Waals surface area contributed by atoms with E-state index < -0.39 is 0 Å². The highest BCUT2D eigenvalue weighted by Crippen LogP contribution is 2.23. The zero-order valence-electron chi connectivity index (χ0n) is 9.79. The van der Waals surface area contributed by atoms with Gasteiger partial charge >= 0.3 is 0 Å². The van der Waals surface area contributed by atoms with E-state index in [2.05, 4.69) is 10.6 Å². The van der Waals surface area contributed by atoms with Gasteiger partial charge in [0.1, 0.15) is 5.75 Å². The summed E-state index contributed by atoms with van der Waals surface area (Å²) >= 11 is 5.78. The van der Waals surface area contributed by atoms with Crippen molar-refractivity contribution < 1.29 is 9.90 Å². The van der Waals surface area contributed by atoms with Gasteiger partial charge in [0.2, 0.25) is 5.91 Å². The van der Waals surface area contributed by atoms with Crippen LogP contribution in [-0.4, -0.2) is 24.1 Å². The molecule has 1 rings (SSSR count). The fourth-order valence-corrected chi connectivity index (χ4v) is 1.58. The van der Waals surface area contributed by atoms with Crippen LogP contribution in [0.1, 0.15) is 18.9 Å². The second-order valence-corrected chi connectivity index (χ2v) is 4.07. The highest BCUT2D eigenvalue weighted by Gasteiger charge is 2.01. The van der Waals surface area contributed by atoms with Crippen LogP contribution in [0.15, 0.2) is 18.2 Å². The Morgan fingerprint density at radius 1 is 1.47 bits per heavy atom. The van der Waals surface area contributed by atoms with Gasteiger partial charge in [0, 0.05) is 26.1 Å². The molecular weight excluding hydrogens is 240 g/mol. The molecule has 0 atom stereocenters. The Morgan fingerprint density at radius 2 is 2.24 bits per heavy atom. The summed E-state index contributed by atoms with van der Waals surface area (Å²) in [6.07, 6.45) is 0.458. The number of benzene rings is 1. The molecule has 0 unspecified atom stereocenters. The molecule has 4 nitrogen and oxygen atoms in total. The van der Waals surface area contributed by atoms with Crippen LogP contribution in [0, 0.1) is 0 Å². The van der Waals surface area contributed by atoms with Gasteiger partial charge < -0.3 is 15.7 Å². The summed E-state index contributed by atoms with van der Waals surface area (Å²) in [4.78, 5) is 11.1. The van der Waals surface area contributed by atoms with Gasteiger partial charge in [0.05, 0.1) is 5.02 Å². The van der Waals surface area contributed by atoms with E-state index in [0.29, 0.717) is 31.1 Å². The zero-order chi connectivity index (χ0) is 12.7. The van der Waals surface area contributed by atoms with Crippen LogP contribution in [0.3, 0.4) is 0 Å². The van der Waals surface area contributed by atoms with Crippen LogP contribution in [-0.2, 0) is 11.3 Å². The number of hydrogen-bond donors (Lipinski definition) is 3. The highest BCUT2D eigenvalue weighted by molar-refractivity contribution is 6.32. The van der Waals surface area contributed by atoms with E-state index in [0.717, 1.165) is 5.56 Å². The average Bonchev–Trinajstić information content (AvgIpc) is 2.29. The lowest BCUT2D eigenvalue weighted by molar-refractivity contribution is -0.120. The largest absolute Gasteiger partial charge is 0.506 e. The summed E-state index contributed by atoms with van der Waals surface area (Å²) in [5.74, 6) is 0.126. The molecule has 1 aromatic carbocycles. The van der Waals surface area contributed by atoms with Gasteiger partial charge in [-0.15, -0.1) is 0 Å². The molecule has 0 bridgehead atoms. The number of hydrogen-bond acceptors (Lipinski definition) is 3. The Bertz CT molecular complexity index is 383. The van der Waals surface area contributed by atoms with E-state index >= 15 is 0 Å². The fraction of sp³-hybridized carbons (Fsp3) is 0.417. The zero-order valence-corrected chi connectivity index (χ0v) is 10.5. The fourth-order valence-electron chi connectivity index (χ4n) is 1.38. The molecule has 1 amide bonds. The SMILES string of the molecule is CCNC(=O)CCNCc1ccc(O)c(Cl)c1. The lowest BCUT2D eigenvalue weighted by atomic mass is 10.2. The standard InChI is InChI=1S/C12H17ClN2O2/c1-2-15-12(17)5-6-14-8-9-3-4-11(16)10(13)7-9/h3-4,7,14,16H,2,5-6,8H2,1H3,(H,15,17). The predicted octanol–water partition coefficient (Wildman–Crippen LogP) is 1.66. The quantitative estimate of drug-likeness (QED) is 0.679. The van der Waals surface area contributed by atoms with Gasteiger partial charge in [-0.3, -0.25) is 4.79 Å².